The lowest BCUT2D eigenvalue weighted by atomic mass is 10.0. The van der Waals surface area contributed by atoms with Crippen LogP contribution in [0.15, 0.2) is 48.9 Å². The third-order valence-corrected chi connectivity index (χ3v) is 3.78. The molecule has 0 aliphatic heterocycles. The van der Waals surface area contributed by atoms with Crippen molar-refractivity contribution in [3.63, 3.8) is 0 Å². The summed E-state index contributed by atoms with van der Waals surface area (Å²) in [6, 6.07) is 11.0. The van der Waals surface area contributed by atoms with E-state index in [0.29, 0.717) is 18.0 Å². The molecule has 0 spiro atoms. The van der Waals surface area contributed by atoms with Crippen LogP contribution in [0.3, 0.4) is 0 Å². The first-order chi connectivity index (χ1) is 11.5. The smallest absolute Gasteiger partial charge is 0.241 e. The summed E-state index contributed by atoms with van der Waals surface area (Å²) in [5, 5.41) is 2.81. The predicted molar refractivity (Wildman–Crippen MR) is 94.9 cm³/mol. The van der Waals surface area contributed by atoms with Gasteiger partial charge in [0.25, 0.3) is 0 Å². The van der Waals surface area contributed by atoms with Crippen molar-refractivity contribution in [1.82, 2.24) is 14.5 Å². The molecule has 3 N–H and O–H groups in total. The number of aromatic nitrogens is 3. The molecule has 24 heavy (non-hydrogen) atoms. The van der Waals surface area contributed by atoms with E-state index in [0.717, 1.165) is 16.9 Å². The number of carbonyl (C=O) groups excluding carboxylic acids is 1. The molecule has 0 radical (unpaired) electrons. The summed E-state index contributed by atoms with van der Waals surface area (Å²) >= 11 is 0. The van der Waals surface area contributed by atoms with Crippen molar-refractivity contribution in [2.45, 2.75) is 26.3 Å². The summed E-state index contributed by atoms with van der Waals surface area (Å²) in [5.41, 5.74) is 8.42. The number of benzene rings is 1. The Morgan fingerprint density at radius 2 is 2.00 bits per heavy atom. The van der Waals surface area contributed by atoms with E-state index in [-0.39, 0.29) is 5.91 Å². The van der Waals surface area contributed by atoms with Gasteiger partial charge in [0.1, 0.15) is 12.1 Å². The molecule has 2 heterocycles. The van der Waals surface area contributed by atoms with Crippen LogP contribution in [0.1, 0.15) is 20.3 Å². The van der Waals surface area contributed by atoms with E-state index in [1.54, 1.807) is 12.5 Å². The van der Waals surface area contributed by atoms with Crippen LogP contribution in [-0.2, 0) is 4.79 Å². The maximum absolute atomic E-state index is 12.1. The number of hydrogen-bond acceptors (Lipinski definition) is 4. The fraction of sp³-hybridized carbons (Fsp3) is 0.278. The number of anilines is 1. The maximum atomic E-state index is 12.1. The highest BCUT2D eigenvalue weighted by Crippen LogP contribution is 2.17. The van der Waals surface area contributed by atoms with E-state index < -0.39 is 6.04 Å². The van der Waals surface area contributed by atoms with Crippen molar-refractivity contribution < 1.29 is 4.79 Å². The molecule has 1 aromatic carbocycles. The highest BCUT2D eigenvalue weighted by Gasteiger charge is 2.15. The van der Waals surface area contributed by atoms with Crippen LogP contribution in [0.5, 0.6) is 0 Å². The first kappa shape index (κ1) is 16.1. The second-order valence-electron chi connectivity index (χ2n) is 6.23. The standard InChI is InChI=1S/C18H21N5O/c1-12(2)9-14(19)18(24)22-13-7-8-17(20-10-13)23-11-21-15-5-3-4-6-16(15)23/h3-8,10-12,14H,9,19H2,1-2H3,(H,22,24)/t14-/m0/s1. The molecule has 1 atom stereocenters. The average Bonchev–Trinajstić information content (AvgIpc) is 2.99. The van der Waals surface area contributed by atoms with Gasteiger partial charge in [-0.15, -0.1) is 0 Å². The SMILES string of the molecule is CC(C)C[C@H](N)C(=O)Nc1ccc(-n2cnc3ccccc32)nc1. The highest BCUT2D eigenvalue weighted by molar-refractivity contribution is 5.94. The molecule has 3 rings (SSSR count). The first-order valence-electron chi connectivity index (χ1n) is 7.99. The van der Waals surface area contributed by atoms with E-state index in [4.69, 9.17) is 5.73 Å². The Labute approximate surface area is 140 Å². The lowest BCUT2D eigenvalue weighted by molar-refractivity contribution is -0.117. The third-order valence-electron chi connectivity index (χ3n) is 3.78. The maximum Gasteiger partial charge on any atom is 0.241 e. The summed E-state index contributed by atoms with van der Waals surface area (Å²) < 4.78 is 1.91. The molecule has 2 aromatic heterocycles. The fourth-order valence-corrected chi connectivity index (χ4v) is 2.59. The van der Waals surface area contributed by atoms with Crippen molar-refractivity contribution in [2.75, 3.05) is 5.32 Å². The zero-order valence-electron chi connectivity index (χ0n) is 13.8. The number of hydrogen-bond donors (Lipinski definition) is 2. The number of rotatable bonds is 5. The topological polar surface area (TPSA) is 85.8 Å². The minimum absolute atomic E-state index is 0.189. The lowest BCUT2D eigenvalue weighted by Gasteiger charge is -2.14. The molecule has 6 heteroatoms. The van der Waals surface area contributed by atoms with Crippen LogP contribution in [0, 0.1) is 5.92 Å². The second kappa shape index (κ2) is 6.80. The minimum Gasteiger partial charge on any atom is -0.323 e. The van der Waals surface area contributed by atoms with E-state index in [9.17, 15) is 4.79 Å². The molecule has 1 amide bonds. The monoisotopic (exact) mass is 323 g/mol. The molecule has 124 valence electrons. The summed E-state index contributed by atoms with van der Waals surface area (Å²) in [5.74, 6) is 0.931. The zero-order valence-corrected chi connectivity index (χ0v) is 13.8. The van der Waals surface area contributed by atoms with Gasteiger partial charge in [-0.1, -0.05) is 26.0 Å². The number of nitrogens with zero attached hydrogens (tertiary/aromatic N) is 3. The van der Waals surface area contributed by atoms with Crippen LogP contribution < -0.4 is 11.1 Å². The van der Waals surface area contributed by atoms with Crippen molar-refractivity contribution >= 4 is 22.6 Å². The van der Waals surface area contributed by atoms with Crippen molar-refractivity contribution in [1.29, 1.82) is 0 Å². The molecule has 0 saturated heterocycles. The van der Waals surface area contributed by atoms with E-state index in [2.05, 4.69) is 15.3 Å². The van der Waals surface area contributed by atoms with Gasteiger partial charge in [0.15, 0.2) is 0 Å². The lowest BCUT2D eigenvalue weighted by Crippen LogP contribution is -2.36. The zero-order chi connectivity index (χ0) is 17.1. The molecule has 0 aliphatic rings. The van der Waals surface area contributed by atoms with E-state index >= 15 is 0 Å². The van der Waals surface area contributed by atoms with Crippen LogP contribution in [0.4, 0.5) is 5.69 Å². The molecule has 0 fully saturated rings. The number of pyridine rings is 1. The molecule has 0 bridgehead atoms. The van der Waals surface area contributed by atoms with Gasteiger partial charge >= 0.3 is 0 Å². The van der Waals surface area contributed by atoms with Crippen molar-refractivity contribution in [3.8, 4) is 5.82 Å². The van der Waals surface area contributed by atoms with Crippen LogP contribution in [0.2, 0.25) is 0 Å². The Morgan fingerprint density at radius 1 is 1.21 bits per heavy atom. The average molecular weight is 323 g/mol. The van der Waals surface area contributed by atoms with Gasteiger partial charge in [-0.3, -0.25) is 9.36 Å². The van der Waals surface area contributed by atoms with Gasteiger partial charge in [0, 0.05) is 0 Å². The first-order valence-corrected chi connectivity index (χ1v) is 7.99. The predicted octanol–water partition coefficient (Wildman–Crippen LogP) is 2.73. The van der Waals surface area contributed by atoms with Crippen molar-refractivity contribution in [3.05, 3.63) is 48.9 Å². The van der Waals surface area contributed by atoms with Crippen molar-refractivity contribution in [2.24, 2.45) is 11.7 Å². The number of para-hydroxylation sites is 2. The number of nitrogens with one attached hydrogen (secondary N) is 1. The number of nitrogens with two attached hydrogens (primary N) is 1. The van der Waals surface area contributed by atoms with E-state index in [1.165, 1.54) is 0 Å². The minimum atomic E-state index is -0.512. The van der Waals surface area contributed by atoms with Crippen LogP contribution in [0.25, 0.3) is 16.9 Å². The number of imidazole rings is 1. The molecule has 6 nitrogen and oxygen atoms in total. The fourth-order valence-electron chi connectivity index (χ4n) is 2.59. The largest absolute Gasteiger partial charge is 0.323 e. The van der Waals surface area contributed by atoms with E-state index in [1.807, 2.05) is 54.8 Å². The molecular formula is C18H21N5O. The Morgan fingerprint density at radius 3 is 2.71 bits per heavy atom. The summed E-state index contributed by atoms with van der Waals surface area (Å²) in [7, 11) is 0. The number of carbonyl (C=O) groups is 1. The van der Waals surface area contributed by atoms with Gasteiger partial charge < -0.3 is 11.1 Å². The number of amides is 1. The summed E-state index contributed by atoms with van der Waals surface area (Å²) in [4.78, 5) is 20.8. The van der Waals surface area contributed by atoms with Gasteiger partial charge in [0.05, 0.1) is 29.0 Å². The Bertz CT molecular complexity index is 838. The summed E-state index contributed by atoms with van der Waals surface area (Å²) in [6.07, 6.45) is 4.02. The second-order valence-corrected chi connectivity index (χ2v) is 6.23. The van der Waals surface area contributed by atoms with Gasteiger partial charge in [-0.05, 0) is 36.6 Å². The van der Waals surface area contributed by atoms with Gasteiger partial charge in [-0.2, -0.15) is 0 Å². The molecular weight excluding hydrogens is 302 g/mol. The molecule has 0 aliphatic carbocycles. The Hall–Kier alpha value is -2.73. The summed E-state index contributed by atoms with van der Waals surface area (Å²) in [6.45, 7) is 4.08. The van der Waals surface area contributed by atoms with Crippen LogP contribution >= 0.6 is 0 Å². The van der Waals surface area contributed by atoms with Crippen LogP contribution in [-0.4, -0.2) is 26.5 Å². The molecule has 0 saturated carbocycles. The normalized spacial score (nSPS) is 12.5. The Balaban J connectivity index is 1.75. The van der Waals surface area contributed by atoms with Gasteiger partial charge in [0.2, 0.25) is 5.91 Å². The molecule has 3 aromatic rings. The van der Waals surface area contributed by atoms with Gasteiger partial charge in [-0.25, -0.2) is 9.97 Å². The Kier molecular flexibility index (Phi) is 4.57. The highest BCUT2D eigenvalue weighted by atomic mass is 16.2. The quantitative estimate of drug-likeness (QED) is 0.756. The third kappa shape index (κ3) is 3.44. The molecule has 0 unspecified atom stereocenters. The number of fused-ring (bicyclic) bond motifs is 1.